The number of hydrogen-bond donors (Lipinski definition) is 1. The van der Waals surface area contributed by atoms with Crippen LogP contribution in [-0.2, 0) is 13.0 Å². The molecule has 1 N–H and O–H groups in total. The molecule has 0 fully saturated rings. The molecule has 0 aliphatic carbocycles. The fourth-order valence-electron chi connectivity index (χ4n) is 1.91. The van der Waals surface area contributed by atoms with Crippen LogP contribution in [0.1, 0.15) is 22.2 Å². The Morgan fingerprint density at radius 2 is 1.95 bits per heavy atom. The summed E-state index contributed by atoms with van der Waals surface area (Å²) < 4.78 is 25.8. The lowest BCUT2D eigenvalue weighted by Crippen LogP contribution is -2.27. The molecule has 1 aromatic carbocycles. The van der Waals surface area contributed by atoms with Crippen molar-refractivity contribution < 1.29 is 8.78 Å². The molecule has 0 saturated carbocycles. The Hall–Kier alpha value is -1.26. The van der Waals surface area contributed by atoms with E-state index < -0.39 is 11.6 Å². The molecule has 0 saturated heterocycles. The normalized spacial score (nSPS) is 12.6. The Balaban J connectivity index is 1.86. The van der Waals surface area contributed by atoms with Crippen LogP contribution in [0.3, 0.4) is 0 Å². The SMILES string of the molecule is Cc1ccc(CC(C)NCc2ccc(F)c(F)c2)s1. The van der Waals surface area contributed by atoms with E-state index in [1.807, 2.05) is 0 Å². The second-order valence-electron chi connectivity index (χ2n) is 4.75. The molecule has 2 rings (SSSR count). The van der Waals surface area contributed by atoms with Crippen molar-refractivity contribution in [2.24, 2.45) is 0 Å². The molecule has 0 spiro atoms. The first-order valence-corrected chi connectivity index (χ1v) is 7.09. The zero-order chi connectivity index (χ0) is 13.8. The van der Waals surface area contributed by atoms with Gasteiger partial charge in [-0.25, -0.2) is 8.78 Å². The number of benzene rings is 1. The first-order valence-electron chi connectivity index (χ1n) is 6.27. The molecule has 1 aromatic heterocycles. The van der Waals surface area contributed by atoms with Crippen molar-refractivity contribution >= 4 is 11.3 Å². The fourth-order valence-corrected chi connectivity index (χ4v) is 2.93. The molecule has 4 heteroatoms. The Morgan fingerprint density at radius 1 is 1.16 bits per heavy atom. The van der Waals surface area contributed by atoms with Gasteiger partial charge >= 0.3 is 0 Å². The number of aryl methyl sites for hydroxylation is 1. The predicted octanol–water partition coefficient (Wildman–Crippen LogP) is 4.06. The van der Waals surface area contributed by atoms with Crippen LogP contribution in [0.4, 0.5) is 8.78 Å². The molecular weight excluding hydrogens is 264 g/mol. The minimum absolute atomic E-state index is 0.297. The summed E-state index contributed by atoms with van der Waals surface area (Å²) in [6.45, 7) is 4.73. The van der Waals surface area contributed by atoms with Gasteiger partial charge in [0.25, 0.3) is 0 Å². The third-order valence-corrected chi connectivity index (χ3v) is 3.97. The maximum Gasteiger partial charge on any atom is 0.159 e. The third-order valence-electron chi connectivity index (χ3n) is 2.94. The maximum atomic E-state index is 13.1. The summed E-state index contributed by atoms with van der Waals surface area (Å²) in [4.78, 5) is 2.64. The first kappa shape index (κ1) is 14.2. The second-order valence-corrected chi connectivity index (χ2v) is 6.12. The van der Waals surface area contributed by atoms with E-state index in [1.54, 1.807) is 17.4 Å². The average Bonchev–Trinajstić information content (AvgIpc) is 2.76. The van der Waals surface area contributed by atoms with Gasteiger partial charge in [-0.15, -0.1) is 11.3 Å². The lowest BCUT2D eigenvalue weighted by molar-refractivity contribution is 0.502. The molecule has 0 radical (unpaired) electrons. The largest absolute Gasteiger partial charge is 0.310 e. The molecule has 1 unspecified atom stereocenters. The Labute approximate surface area is 116 Å². The van der Waals surface area contributed by atoms with Gasteiger partial charge in [0.05, 0.1) is 0 Å². The van der Waals surface area contributed by atoms with Gasteiger partial charge in [0, 0.05) is 22.3 Å². The summed E-state index contributed by atoms with van der Waals surface area (Å²) in [5, 5.41) is 3.32. The highest BCUT2D eigenvalue weighted by Crippen LogP contribution is 2.17. The summed E-state index contributed by atoms with van der Waals surface area (Å²) in [6, 6.07) is 8.56. The second kappa shape index (κ2) is 6.26. The standard InChI is InChI=1S/C15H17F2NS/c1-10(7-13-5-3-11(2)19-13)18-9-12-4-6-14(16)15(17)8-12/h3-6,8,10,18H,7,9H2,1-2H3. The number of halogens is 2. The van der Waals surface area contributed by atoms with Crippen molar-refractivity contribution in [1.82, 2.24) is 5.32 Å². The third kappa shape index (κ3) is 4.11. The molecule has 0 bridgehead atoms. The summed E-state index contributed by atoms with van der Waals surface area (Å²) in [5.41, 5.74) is 0.758. The van der Waals surface area contributed by atoms with Crippen LogP contribution >= 0.6 is 11.3 Å². The van der Waals surface area contributed by atoms with Gasteiger partial charge in [0.2, 0.25) is 0 Å². The van der Waals surface area contributed by atoms with Gasteiger partial charge in [-0.2, -0.15) is 0 Å². The van der Waals surface area contributed by atoms with Gasteiger partial charge in [-0.1, -0.05) is 6.07 Å². The highest BCUT2D eigenvalue weighted by atomic mass is 32.1. The fraction of sp³-hybridized carbons (Fsp3) is 0.333. The Bertz CT molecular complexity index is 551. The predicted molar refractivity (Wildman–Crippen MR) is 75.4 cm³/mol. The summed E-state index contributed by atoms with van der Waals surface area (Å²) in [5.74, 6) is -1.59. The Morgan fingerprint density at radius 3 is 2.58 bits per heavy atom. The summed E-state index contributed by atoms with van der Waals surface area (Å²) in [6.07, 6.45) is 0.947. The number of rotatable bonds is 5. The van der Waals surface area contributed by atoms with Crippen LogP contribution in [0.2, 0.25) is 0 Å². The number of hydrogen-bond acceptors (Lipinski definition) is 2. The molecular formula is C15H17F2NS. The summed E-state index contributed by atoms with van der Waals surface area (Å²) >= 11 is 1.79. The van der Waals surface area contributed by atoms with E-state index in [0.29, 0.717) is 12.6 Å². The van der Waals surface area contributed by atoms with Crippen LogP contribution in [0, 0.1) is 18.6 Å². The lowest BCUT2D eigenvalue weighted by atomic mass is 10.1. The molecule has 1 heterocycles. The minimum Gasteiger partial charge on any atom is -0.310 e. The van der Waals surface area contributed by atoms with E-state index in [0.717, 1.165) is 12.0 Å². The lowest BCUT2D eigenvalue weighted by Gasteiger charge is -2.13. The Kier molecular flexibility index (Phi) is 4.66. The highest BCUT2D eigenvalue weighted by Gasteiger charge is 2.07. The molecule has 19 heavy (non-hydrogen) atoms. The quantitative estimate of drug-likeness (QED) is 0.871. The average molecular weight is 281 g/mol. The van der Waals surface area contributed by atoms with Crippen LogP contribution in [-0.4, -0.2) is 6.04 Å². The van der Waals surface area contributed by atoms with Gasteiger partial charge in [-0.3, -0.25) is 0 Å². The van der Waals surface area contributed by atoms with Gasteiger partial charge in [0.1, 0.15) is 0 Å². The topological polar surface area (TPSA) is 12.0 Å². The van der Waals surface area contributed by atoms with Crippen molar-refractivity contribution in [2.75, 3.05) is 0 Å². The highest BCUT2D eigenvalue weighted by molar-refractivity contribution is 7.11. The van der Waals surface area contributed by atoms with Gasteiger partial charge in [0.15, 0.2) is 11.6 Å². The molecule has 102 valence electrons. The first-order chi connectivity index (χ1) is 9.04. The number of nitrogens with one attached hydrogen (secondary N) is 1. The maximum absolute atomic E-state index is 13.1. The zero-order valence-electron chi connectivity index (χ0n) is 11.0. The van der Waals surface area contributed by atoms with Crippen molar-refractivity contribution in [3.05, 3.63) is 57.3 Å². The van der Waals surface area contributed by atoms with Crippen molar-refractivity contribution in [2.45, 2.75) is 32.9 Å². The van der Waals surface area contributed by atoms with E-state index in [9.17, 15) is 8.78 Å². The smallest absolute Gasteiger partial charge is 0.159 e. The molecule has 1 atom stereocenters. The summed E-state index contributed by atoms with van der Waals surface area (Å²) in [7, 11) is 0. The van der Waals surface area contributed by atoms with E-state index in [1.165, 1.54) is 21.9 Å². The van der Waals surface area contributed by atoms with E-state index in [2.05, 4.69) is 31.3 Å². The number of thiophene rings is 1. The van der Waals surface area contributed by atoms with E-state index >= 15 is 0 Å². The van der Waals surface area contributed by atoms with Crippen LogP contribution < -0.4 is 5.32 Å². The minimum atomic E-state index is -0.800. The van der Waals surface area contributed by atoms with E-state index in [4.69, 9.17) is 0 Å². The molecule has 0 amide bonds. The van der Waals surface area contributed by atoms with Crippen LogP contribution in [0.25, 0.3) is 0 Å². The monoisotopic (exact) mass is 281 g/mol. The van der Waals surface area contributed by atoms with Crippen molar-refractivity contribution in [3.8, 4) is 0 Å². The molecule has 0 aliphatic heterocycles. The molecule has 2 aromatic rings. The molecule has 1 nitrogen and oxygen atoms in total. The molecule has 0 aliphatic rings. The van der Waals surface area contributed by atoms with Gasteiger partial charge < -0.3 is 5.32 Å². The van der Waals surface area contributed by atoms with Crippen molar-refractivity contribution in [3.63, 3.8) is 0 Å². The van der Waals surface area contributed by atoms with E-state index in [-0.39, 0.29) is 0 Å². The zero-order valence-corrected chi connectivity index (χ0v) is 11.9. The van der Waals surface area contributed by atoms with Gasteiger partial charge in [-0.05, 0) is 50.1 Å². The van der Waals surface area contributed by atoms with Crippen LogP contribution in [0.5, 0.6) is 0 Å². The van der Waals surface area contributed by atoms with Crippen LogP contribution in [0.15, 0.2) is 30.3 Å². The van der Waals surface area contributed by atoms with Crippen molar-refractivity contribution in [1.29, 1.82) is 0 Å².